The lowest BCUT2D eigenvalue weighted by Crippen LogP contribution is -2.33. The maximum Gasteiger partial charge on any atom is 0.346 e. The van der Waals surface area contributed by atoms with E-state index in [-0.39, 0.29) is 40.4 Å². The highest BCUT2D eigenvalue weighted by molar-refractivity contribution is 7.92. The first-order valence-electron chi connectivity index (χ1n) is 10.2. The van der Waals surface area contributed by atoms with Gasteiger partial charge in [0, 0.05) is 16.6 Å². The van der Waals surface area contributed by atoms with Crippen molar-refractivity contribution in [3.63, 3.8) is 0 Å². The smallest absolute Gasteiger partial charge is 0.346 e. The number of aromatic nitrogens is 1. The fourth-order valence-electron chi connectivity index (χ4n) is 3.94. The first-order chi connectivity index (χ1) is 16.5. The number of nitrogens with zero attached hydrogens (tertiary/aromatic N) is 2. The summed E-state index contributed by atoms with van der Waals surface area (Å²) < 4.78 is 48.8. The highest BCUT2D eigenvalue weighted by atomic mass is 32.2. The van der Waals surface area contributed by atoms with Crippen LogP contribution in [0.2, 0.25) is 0 Å². The zero-order valence-corrected chi connectivity index (χ0v) is 19.9. The van der Waals surface area contributed by atoms with Crippen molar-refractivity contribution >= 4 is 51.0 Å². The SMILES string of the molecule is CS(=O)(=O)Nc1ccc2c(c1)P(=O)(O)N=C(c1c(O)c3ccccc3n(Cc3ccoc3)c1=O)N2. The van der Waals surface area contributed by atoms with Crippen LogP contribution < -0.4 is 20.9 Å². The molecule has 2 aromatic carbocycles. The average molecular weight is 514 g/mol. The predicted octanol–water partition coefficient (Wildman–Crippen LogP) is 2.40. The monoisotopic (exact) mass is 514 g/mol. The molecule has 11 nitrogen and oxygen atoms in total. The number of amidine groups is 1. The summed E-state index contributed by atoms with van der Waals surface area (Å²) >= 11 is 0. The Morgan fingerprint density at radius 1 is 1.20 bits per heavy atom. The van der Waals surface area contributed by atoms with Crippen molar-refractivity contribution in [3.8, 4) is 5.75 Å². The van der Waals surface area contributed by atoms with Crippen LogP contribution in [0.1, 0.15) is 11.1 Å². The highest BCUT2D eigenvalue weighted by Gasteiger charge is 2.33. The number of aromatic hydroxyl groups is 1. The molecule has 0 spiro atoms. The van der Waals surface area contributed by atoms with Crippen LogP contribution in [-0.4, -0.2) is 35.1 Å². The second kappa shape index (κ2) is 8.12. The summed E-state index contributed by atoms with van der Waals surface area (Å²) in [6.45, 7) is 0.129. The van der Waals surface area contributed by atoms with Crippen LogP contribution in [-0.2, 0) is 21.1 Å². The summed E-state index contributed by atoms with van der Waals surface area (Å²) in [6, 6.07) is 12.4. The van der Waals surface area contributed by atoms with Gasteiger partial charge in [-0.3, -0.25) is 14.1 Å². The second-order valence-corrected chi connectivity index (χ2v) is 11.5. The molecule has 5 rings (SSSR count). The molecule has 0 saturated heterocycles. The molecule has 1 atom stereocenters. The van der Waals surface area contributed by atoms with E-state index in [9.17, 15) is 27.8 Å². The molecule has 35 heavy (non-hydrogen) atoms. The second-order valence-electron chi connectivity index (χ2n) is 7.99. The Morgan fingerprint density at radius 2 is 1.97 bits per heavy atom. The van der Waals surface area contributed by atoms with E-state index >= 15 is 0 Å². The van der Waals surface area contributed by atoms with Crippen molar-refractivity contribution in [2.45, 2.75) is 6.54 Å². The molecule has 180 valence electrons. The van der Waals surface area contributed by atoms with Crippen molar-refractivity contribution in [1.82, 2.24) is 4.57 Å². The standard InChI is InChI=1S/C22H19N4O7PS/c1-35(31,32)25-14-6-7-16-18(10-14)34(29,30)24-21(23-16)19-20(27)15-4-2-3-5-17(15)26(22(19)28)11-13-8-9-33-12-13/h2-10,12,25,27H,11H2,1H3,(H2,23,24,29,30). The molecule has 2 aromatic heterocycles. The van der Waals surface area contributed by atoms with Gasteiger partial charge in [-0.05, 0) is 36.4 Å². The molecule has 0 aliphatic carbocycles. The fraction of sp³-hybridized carbons (Fsp3) is 0.0909. The van der Waals surface area contributed by atoms with E-state index in [2.05, 4.69) is 14.8 Å². The summed E-state index contributed by atoms with van der Waals surface area (Å²) in [7, 11) is -8.06. The number of hydrogen-bond donors (Lipinski definition) is 4. The molecule has 0 bridgehead atoms. The molecular weight excluding hydrogens is 495 g/mol. The zero-order chi connectivity index (χ0) is 25.0. The van der Waals surface area contributed by atoms with Gasteiger partial charge >= 0.3 is 7.52 Å². The van der Waals surface area contributed by atoms with Gasteiger partial charge in [0.15, 0.2) is 5.84 Å². The third-order valence-electron chi connectivity index (χ3n) is 5.41. The third-order valence-corrected chi connectivity index (χ3v) is 7.48. The molecule has 1 unspecified atom stereocenters. The summed E-state index contributed by atoms with van der Waals surface area (Å²) in [5, 5.41) is 14.1. The van der Waals surface area contributed by atoms with Crippen LogP contribution in [0.4, 0.5) is 11.4 Å². The van der Waals surface area contributed by atoms with Crippen molar-refractivity contribution < 1.29 is 27.4 Å². The minimum atomic E-state index is -4.45. The molecule has 3 heterocycles. The van der Waals surface area contributed by atoms with Crippen LogP contribution in [0.3, 0.4) is 0 Å². The molecule has 4 N–H and O–H groups in total. The average Bonchev–Trinajstić information content (AvgIpc) is 3.29. The number of sulfonamides is 1. The van der Waals surface area contributed by atoms with Crippen LogP contribution in [0, 0.1) is 0 Å². The maximum absolute atomic E-state index is 13.6. The highest BCUT2D eigenvalue weighted by Crippen LogP contribution is 2.47. The topological polar surface area (TPSA) is 163 Å². The maximum atomic E-state index is 13.6. The van der Waals surface area contributed by atoms with Gasteiger partial charge in [0.05, 0.1) is 41.8 Å². The number of fused-ring (bicyclic) bond motifs is 2. The molecular formula is C22H19N4O7PS. The Labute approximate surface area is 198 Å². The number of para-hydroxylation sites is 1. The van der Waals surface area contributed by atoms with Gasteiger partial charge in [-0.15, -0.1) is 0 Å². The summed E-state index contributed by atoms with van der Waals surface area (Å²) in [4.78, 5) is 24.3. The Balaban J connectivity index is 1.68. The summed E-state index contributed by atoms with van der Waals surface area (Å²) in [5.74, 6) is -0.666. The molecule has 0 saturated carbocycles. The largest absolute Gasteiger partial charge is 0.506 e. The predicted molar refractivity (Wildman–Crippen MR) is 132 cm³/mol. The molecule has 1 aliphatic heterocycles. The van der Waals surface area contributed by atoms with Crippen LogP contribution in [0.25, 0.3) is 10.9 Å². The molecule has 13 heteroatoms. The Kier molecular flexibility index (Phi) is 5.32. The summed E-state index contributed by atoms with van der Waals surface area (Å²) in [5.41, 5.74) is 0.486. The van der Waals surface area contributed by atoms with Gasteiger partial charge in [0.1, 0.15) is 11.3 Å². The number of furan rings is 1. The number of benzene rings is 2. The Bertz CT molecular complexity index is 1730. The number of nitrogens with one attached hydrogen (secondary N) is 2. The third kappa shape index (κ3) is 4.23. The van der Waals surface area contributed by atoms with E-state index in [4.69, 9.17) is 4.42 Å². The van der Waals surface area contributed by atoms with Crippen LogP contribution >= 0.6 is 7.52 Å². The van der Waals surface area contributed by atoms with Crippen LogP contribution in [0.15, 0.2) is 75.0 Å². The molecule has 4 aromatic rings. The zero-order valence-electron chi connectivity index (χ0n) is 18.2. The van der Waals surface area contributed by atoms with Gasteiger partial charge in [0.25, 0.3) is 5.56 Å². The minimum Gasteiger partial charge on any atom is -0.506 e. The van der Waals surface area contributed by atoms with E-state index in [0.29, 0.717) is 16.5 Å². The lowest BCUT2D eigenvalue weighted by atomic mass is 10.1. The number of hydrogen-bond acceptors (Lipinski definition) is 7. The van der Waals surface area contributed by atoms with Crippen LogP contribution in [0.5, 0.6) is 5.75 Å². The van der Waals surface area contributed by atoms with E-state index in [0.717, 1.165) is 6.26 Å². The van der Waals surface area contributed by atoms with Gasteiger partial charge in [-0.2, -0.15) is 4.76 Å². The van der Waals surface area contributed by atoms with E-state index in [1.54, 1.807) is 30.3 Å². The Hall–Kier alpha value is -3.86. The minimum absolute atomic E-state index is 0.0806. The van der Waals surface area contributed by atoms with E-state index in [1.165, 1.54) is 35.3 Å². The molecule has 0 amide bonds. The number of pyridine rings is 1. The van der Waals surface area contributed by atoms with E-state index < -0.39 is 23.1 Å². The molecule has 1 aliphatic rings. The van der Waals surface area contributed by atoms with E-state index in [1.807, 2.05) is 0 Å². The van der Waals surface area contributed by atoms with Crippen molar-refractivity contribution in [1.29, 1.82) is 0 Å². The van der Waals surface area contributed by atoms with Crippen molar-refractivity contribution in [2.75, 3.05) is 16.3 Å². The van der Waals surface area contributed by atoms with Gasteiger partial charge < -0.3 is 24.3 Å². The van der Waals surface area contributed by atoms with Crippen molar-refractivity contribution in [3.05, 3.63) is 82.5 Å². The molecule has 0 fully saturated rings. The Morgan fingerprint density at radius 3 is 2.69 bits per heavy atom. The fourth-order valence-corrected chi connectivity index (χ4v) is 5.77. The van der Waals surface area contributed by atoms with Crippen molar-refractivity contribution in [2.24, 2.45) is 4.76 Å². The normalized spacial score (nSPS) is 17.5. The van der Waals surface area contributed by atoms with Gasteiger partial charge in [-0.25, -0.2) is 8.42 Å². The summed E-state index contributed by atoms with van der Waals surface area (Å²) in [6.07, 6.45) is 3.92. The van der Waals surface area contributed by atoms with Gasteiger partial charge in [0.2, 0.25) is 10.0 Å². The lowest BCUT2D eigenvalue weighted by Gasteiger charge is -2.23. The first kappa shape index (κ1) is 22.9. The number of anilines is 2. The van der Waals surface area contributed by atoms with Gasteiger partial charge in [-0.1, -0.05) is 12.1 Å². The number of rotatable bonds is 5. The first-order valence-corrected chi connectivity index (χ1v) is 13.7. The quantitative estimate of drug-likeness (QED) is 0.295. The lowest BCUT2D eigenvalue weighted by molar-refractivity contribution is 0.477. The molecule has 0 radical (unpaired) electrons.